The molecule has 0 saturated heterocycles. The largest absolute Gasteiger partial charge is 0.325 e. The fourth-order valence-corrected chi connectivity index (χ4v) is 3.56. The predicted molar refractivity (Wildman–Crippen MR) is 78.4 cm³/mol. The van der Waals surface area contributed by atoms with Crippen LogP contribution in [0.25, 0.3) is 0 Å². The van der Waals surface area contributed by atoms with E-state index in [0.717, 1.165) is 36.7 Å². The van der Waals surface area contributed by atoms with Crippen molar-refractivity contribution in [1.29, 1.82) is 0 Å². The van der Waals surface area contributed by atoms with E-state index < -0.39 is 0 Å². The maximum atomic E-state index is 12.9. The number of benzene rings is 1. The van der Waals surface area contributed by atoms with Crippen molar-refractivity contribution < 1.29 is 4.39 Å². The van der Waals surface area contributed by atoms with E-state index in [1.54, 1.807) is 0 Å². The number of halogens is 1. The van der Waals surface area contributed by atoms with Crippen molar-refractivity contribution in [2.45, 2.75) is 57.9 Å². The van der Waals surface area contributed by atoms with Gasteiger partial charge in [-0.2, -0.15) is 0 Å². The molecular formula is C17H26FN. The molecule has 1 nitrogen and oxygen atoms in total. The molecule has 1 saturated carbocycles. The second-order valence-electron chi connectivity index (χ2n) is 6.76. The fraction of sp³-hybridized carbons (Fsp3) is 0.647. The zero-order valence-corrected chi connectivity index (χ0v) is 12.2. The van der Waals surface area contributed by atoms with Gasteiger partial charge < -0.3 is 5.73 Å². The van der Waals surface area contributed by atoms with Gasteiger partial charge in [0.25, 0.3) is 0 Å². The van der Waals surface area contributed by atoms with Crippen LogP contribution in [0.4, 0.5) is 4.39 Å². The van der Waals surface area contributed by atoms with Crippen LogP contribution in [0.2, 0.25) is 0 Å². The average molecular weight is 263 g/mol. The molecule has 0 radical (unpaired) electrons. The normalized spacial score (nSPS) is 27.7. The summed E-state index contributed by atoms with van der Waals surface area (Å²) in [5.41, 5.74) is 7.68. The first-order valence-electron chi connectivity index (χ1n) is 7.50. The summed E-state index contributed by atoms with van der Waals surface area (Å²) in [5, 5.41) is 0. The average Bonchev–Trinajstić information content (AvgIpc) is 2.31. The summed E-state index contributed by atoms with van der Waals surface area (Å²) in [6.45, 7) is 4.57. The molecule has 2 N–H and O–H groups in total. The molecule has 0 aliphatic heterocycles. The van der Waals surface area contributed by atoms with E-state index in [1.807, 2.05) is 12.1 Å². The summed E-state index contributed by atoms with van der Waals surface area (Å²) in [6.07, 6.45) is 6.92. The Morgan fingerprint density at radius 1 is 1.32 bits per heavy atom. The molecule has 0 heterocycles. The van der Waals surface area contributed by atoms with E-state index >= 15 is 0 Å². The molecule has 2 rings (SSSR count). The highest BCUT2D eigenvalue weighted by atomic mass is 19.1. The van der Waals surface area contributed by atoms with Crippen LogP contribution in [0.3, 0.4) is 0 Å². The van der Waals surface area contributed by atoms with Gasteiger partial charge in [0, 0.05) is 5.54 Å². The highest BCUT2D eigenvalue weighted by Crippen LogP contribution is 2.36. The van der Waals surface area contributed by atoms with Gasteiger partial charge in [-0.25, -0.2) is 4.39 Å². The van der Waals surface area contributed by atoms with Crippen LogP contribution in [0.5, 0.6) is 0 Å². The minimum absolute atomic E-state index is 0.0877. The molecular weight excluding hydrogens is 237 g/mol. The Morgan fingerprint density at radius 2 is 2.00 bits per heavy atom. The molecule has 0 amide bonds. The van der Waals surface area contributed by atoms with E-state index in [9.17, 15) is 4.39 Å². The van der Waals surface area contributed by atoms with Crippen LogP contribution in [-0.2, 0) is 6.42 Å². The van der Waals surface area contributed by atoms with Crippen LogP contribution >= 0.6 is 0 Å². The zero-order valence-electron chi connectivity index (χ0n) is 12.2. The monoisotopic (exact) mass is 263 g/mol. The van der Waals surface area contributed by atoms with Gasteiger partial charge in [-0.05, 0) is 55.2 Å². The van der Waals surface area contributed by atoms with Crippen molar-refractivity contribution >= 4 is 0 Å². The Bertz CT molecular complexity index is 398. The summed E-state index contributed by atoms with van der Waals surface area (Å²) < 4.78 is 12.9. The molecule has 2 heteroatoms. The molecule has 106 valence electrons. The lowest BCUT2D eigenvalue weighted by Crippen LogP contribution is -2.46. The second kappa shape index (κ2) is 6.04. The smallest absolute Gasteiger partial charge is 0.123 e. The van der Waals surface area contributed by atoms with Crippen molar-refractivity contribution in [2.24, 2.45) is 17.6 Å². The highest BCUT2D eigenvalue weighted by molar-refractivity contribution is 5.19. The standard InChI is InChI=1S/C17H26FN/c1-13(2)10-15-4-3-9-17(19,12-15)11-14-5-7-16(18)8-6-14/h5-8,13,15H,3-4,9-12,19H2,1-2H3. The first-order chi connectivity index (χ1) is 8.97. The minimum atomic E-state index is -0.170. The van der Waals surface area contributed by atoms with Crippen LogP contribution in [-0.4, -0.2) is 5.54 Å². The quantitative estimate of drug-likeness (QED) is 0.861. The van der Waals surface area contributed by atoms with E-state index in [1.165, 1.54) is 31.4 Å². The van der Waals surface area contributed by atoms with Crippen LogP contribution in [0.1, 0.15) is 51.5 Å². The van der Waals surface area contributed by atoms with Gasteiger partial charge in [0.1, 0.15) is 5.82 Å². The van der Waals surface area contributed by atoms with Crippen molar-refractivity contribution in [2.75, 3.05) is 0 Å². The zero-order chi connectivity index (χ0) is 13.9. The lowest BCUT2D eigenvalue weighted by atomic mass is 9.71. The summed E-state index contributed by atoms with van der Waals surface area (Å²) in [7, 11) is 0. The Balaban J connectivity index is 1.99. The molecule has 1 aliphatic rings. The maximum Gasteiger partial charge on any atom is 0.123 e. The molecule has 0 spiro atoms. The van der Waals surface area contributed by atoms with Crippen molar-refractivity contribution in [3.63, 3.8) is 0 Å². The van der Waals surface area contributed by atoms with E-state index in [2.05, 4.69) is 13.8 Å². The van der Waals surface area contributed by atoms with E-state index in [4.69, 9.17) is 5.73 Å². The number of hydrogen-bond acceptors (Lipinski definition) is 1. The Morgan fingerprint density at radius 3 is 2.63 bits per heavy atom. The third-order valence-electron chi connectivity index (χ3n) is 4.26. The van der Waals surface area contributed by atoms with Gasteiger partial charge >= 0.3 is 0 Å². The van der Waals surface area contributed by atoms with Gasteiger partial charge in [-0.3, -0.25) is 0 Å². The van der Waals surface area contributed by atoms with Crippen LogP contribution < -0.4 is 5.73 Å². The van der Waals surface area contributed by atoms with E-state index in [0.29, 0.717) is 0 Å². The summed E-state index contributed by atoms with van der Waals surface area (Å²) in [6, 6.07) is 6.81. The molecule has 2 unspecified atom stereocenters. The van der Waals surface area contributed by atoms with Gasteiger partial charge in [0.2, 0.25) is 0 Å². The first kappa shape index (κ1) is 14.5. The SMILES string of the molecule is CC(C)CC1CCCC(N)(Cc2ccc(F)cc2)C1. The van der Waals surface area contributed by atoms with Crippen molar-refractivity contribution in [3.8, 4) is 0 Å². The molecule has 2 atom stereocenters. The molecule has 0 bridgehead atoms. The fourth-order valence-electron chi connectivity index (χ4n) is 3.56. The maximum absolute atomic E-state index is 12.9. The lowest BCUT2D eigenvalue weighted by molar-refractivity contribution is 0.200. The molecule has 1 aromatic carbocycles. The van der Waals surface area contributed by atoms with Crippen molar-refractivity contribution in [3.05, 3.63) is 35.6 Å². The van der Waals surface area contributed by atoms with Gasteiger partial charge in [0.15, 0.2) is 0 Å². The number of nitrogens with two attached hydrogens (primary N) is 1. The minimum Gasteiger partial charge on any atom is -0.325 e. The molecule has 1 aromatic rings. The first-order valence-corrected chi connectivity index (χ1v) is 7.50. The van der Waals surface area contributed by atoms with Crippen LogP contribution in [0, 0.1) is 17.7 Å². The van der Waals surface area contributed by atoms with Gasteiger partial charge in [-0.1, -0.05) is 38.8 Å². The Kier molecular flexibility index (Phi) is 4.62. The number of rotatable bonds is 4. The molecule has 19 heavy (non-hydrogen) atoms. The molecule has 1 fully saturated rings. The van der Waals surface area contributed by atoms with Crippen LogP contribution in [0.15, 0.2) is 24.3 Å². The molecule has 0 aromatic heterocycles. The third-order valence-corrected chi connectivity index (χ3v) is 4.26. The topological polar surface area (TPSA) is 26.0 Å². The predicted octanol–water partition coefficient (Wildman–Crippen LogP) is 4.30. The summed E-state index contributed by atoms with van der Waals surface area (Å²) in [4.78, 5) is 0. The third kappa shape index (κ3) is 4.31. The summed E-state index contributed by atoms with van der Waals surface area (Å²) in [5.74, 6) is 1.34. The second-order valence-corrected chi connectivity index (χ2v) is 6.76. The Labute approximate surface area is 116 Å². The molecule has 1 aliphatic carbocycles. The van der Waals surface area contributed by atoms with Gasteiger partial charge in [-0.15, -0.1) is 0 Å². The number of hydrogen-bond donors (Lipinski definition) is 1. The Hall–Kier alpha value is -0.890. The van der Waals surface area contributed by atoms with Crippen molar-refractivity contribution in [1.82, 2.24) is 0 Å². The lowest BCUT2D eigenvalue weighted by Gasteiger charge is -2.39. The van der Waals surface area contributed by atoms with E-state index in [-0.39, 0.29) is 11.4 Å². The highest BCUT2D eigenvalue weighted by Gasteiger charge is 2.32. The summed E-state index contributed by atoms with van der Waals surface area (Å²) >= 11 is 0. The van der Waals surface area contributed by atoms with Gasteiger partial charge in [0.05, 0.1) is 0 Å².